The van der Waals surface area contributed by atoms with Crippen LogP contribution in [-0.4, -0.2) is 51.5 Å². The lowest BCUT2D eigenvalue weighted by atomic mass is 10.0. The van der Waals surface area contributed by atoms with E-state index in [1.165, 1.54) is 0 Å². The first-order valence-corrected chi connectivity index (χ1v) is 11.5. The van der Waals surface area contributed by atoms with Gasteiger partial charge in [-0.2, -0.15) is 5.26 Å². The number of hydrogen-bond donors (Lipinski definition) is 0. The molecule has 0 aliphatic carbocycles. The van der Waals surface area contributed by atoms with Gasteiger partial charge in [-0.05, 0) is 19.3 Å². The van der Waals surface area contributed by atoms with Gasteiger partial charge in [0.15, 0.2) is 8.38 Å². The number of nitrogens with zero attached hydrogens (tertiary/aromatic N) is 1. The zero-order chi connectivity index (χ0) is 16.6. The molecule has 0 N–H and O–H groups in total. The summed E-state index contributed by atoms with van der Waals surface area (Å²) in [6.45, 7) is 8.93. The van der Waals surface area contributed by atoms with Crippen molar-refractivity contribution in [1.82, 2.24) is 0 Å². The Morgan fingerprint density at radius 1 is 1.55 bits per heavy atom. The molecular formula is C14H27NO5P2. The maximum atomic E-state index is 12.3. The van der Waals surface area contributed by atoms with Gasteiger partial charge in [0.05, 0.1) is 37.9 Å². The molecule has 1 heterocycles. The van der Waals surface area contributed by atoms with E-state index in [2.05, 4.69) is 0 Å². The molecule has 0 spiro atoms. The molecule has 8 heteroatoms. The highest BCUT2D eigenvalue weighted by atomic mass is 31.2. The lowest BCUT2D eigenvalue weighted by Crippen LogP contribution is -2.32. The summed E-state index contributed by atoms with van der Waals surface area (Å²) >= 11 is 0. The minimum atomic E-state index is -2.58. The molecule has 0 radical (unpaired) electrons. The second-order valence-corrected chi connectivity index (χ2v) is 9.54. The van der Waals surface area contributed by atoms with E-state index in [0.717, 1.165) is 6.42 Å². The van der Waals surface area contributed by atoms with Crippen LogP contribution in [0.2, 0.25) is 0 Å². The number of hydrogen-bond acceptors (Lipinski definition) is 6. The van der Waals surface area contributed by atoms with Crippen LogP contribution in [-0.2, 0) is 22.9 Å². The summed E-state index contributed by atoms with van der Waals surface area (Å²) in [5.74, 6) is 0.0948. The van der Waals surface area contributed by atoms with Crippen LogP contribution >= 0.6 is 15.7 Å². The van der Waals surface area contributed by atoms with Crippen LogP contribution in [0.15, 0.2) is 0 Å². The highest BCUT2D eigenvalue weighted by Crippen LogP contribution is 2.47. The van der Waals surface area contributed by atoms with Crippen molar-refractivity contribution < 1.29 is 22.9 Å². The molecule has 5 atom stereocenters. The molecule has 0 saturated carbocycles. The van der Waals surface area contributed by atoms with E-state index in [0.29, 0.717) is 32.4 Å². The first-order valence-electron chi connectivity index (χ1n) is 7.62. The van der Waals surface area contributed by atoms with Gasteiger partial charge in [0.1, 0.15) is 0 Å². The Bertz CT molecular complexity index is 415. The van der Waals surface area contributed by atoms with Crippen LogP contribution in [0.25, 0.3) is 0 Å². The molecule has 6 nitrogen and oxygen atoms in total. The zero-order valence-corrected chi connectivity index (χ0v) is 15.6. The third-order valence-electron chi connectivity index (χ3n) is 3.43. The minimum Gasteiger partial charge on any atom is -0.375 e. The molecule has 1 aliphatic heterocycles. The third kappa shape index (κ3) is 7.04. The van der Waals surface area contributed by atoms with Crippen molar-refractivity contribution in [2.24, 2.45) is 5.92 Å². The molecule has 0 aromatic carbocycles. The van der Waals surface area contributed by atoms with Gasteiger partial charge in [-0.1, -0.05) is 6.92 Å². The Morgan fingerprint density at radius 3 is 2.91 bits per heavy atom. The SMILES string of the molecule is CCOP(C)(=O)C[C@H](C)[C@H]1OCCC1OP(C)OCCC#N. The second kappa shape index (κ2) is 9.98. The second-order valence-electron chi connectivity index (χ2n) is 5.54. The predicted octanol–water partition coefficient (Wildman–Crippen LogP) is 3.61. The normalized spacial score (nSPS) is 27.0. The van der Waals surface area contributed by atoms with Crippen LogP contribution in [0.5, 0.6) is 0 Å². The van der Waals surface area contributed by atoms with Crippen LogP contribution in [0, 0.1) is 17.2 Å². The van der Waals surface area contributed by atoms with Gasteiger partial charge in [-0.15, -0.1) is 0 Å². The Morgan fingerprint density at radius 2 is 2.27 bits per heavy atom. The van der Waals surface area contributed by atoms with Crippen molar-refractivity contribution in [3.05, 3.63) is 0 Å². The van der Waals surface area contributed by atoms with Crippen molar-refractivity contribution in [3.8, 4) is 6.07 Å². The van der Waals surface area contributed by atoms with Crippen LogP contribution in [0.3, 0.4) is 0 Å². The van der Waals surface area contributed by atoms with Crippen molar-refractivity contribution in [3.63, 3.8) is 0 Å². The van der Waals surface area contributed by atoms with Crippen LogP contribution in [0.4, 0.5) is 0 Å². The maximum absolute atomic E-state index is 12.3. The fraction of sp³-hybridized carbons (Fsp3) is 0.929. The first-order chi connectivity index (χ1) is 10.4. The third-order valence-corrected chi connectivity index (χ3v) is 6.59. The quantitative estimate of drug-likeness (QED) is 0.442. The maximum Gasteiger partial charge on any atom is 0.200 e. The molecular weight excluding hydrogens is 324 g/mol. The van der Waals surface area contributed by atoms with E-state index >= 15 is 0 Å². The molecule has 0 aromatic rings. The smallest absolute Gasteiger partial charge is 0.200 e. The molecule has 1 saturated heterocycles. The Balaban J connectivity index is 2.48. The predicted molar refractivity (Wildman–Crippen MR) is 87.4 cm³/mol. The van der Waals surface area contributed by atoms with E-state index < -0.39 is 15.7 Å². The molecule has 22 heavy (non-hydrogen) atoms. The Kier molecular flexibility index (Phi) is 9.09. The number of ether oxygens (including phenoxy) is 1. The molecule has 3 unspecified atom stereocenters. The summed E-state index contributed by atoms with van der Waals surface area (Å²) in [6, 6.07) is 2.04. The van der Waals surface area contributed by atoms with Crippen molar-refractivity contribution >= 4 is 15.7 Å². The van der Waals surface area contributed by atoms with Gasteiger partial charge in [-0.3, -0.25) is 4.57 Å². The van der Waals surface area contributed by atoms with Gasteiger partial charge in [0.2, 0.25) is 7.37 Å². The van der Waals surface area contributed by atoms with E-state index in [1.807, 2.05) is 26.6 Å². The van der Waals surface area contributed by atoms with Gasteiger partial charge in [0, 0.05) is 26.1 Å². The molecule has 1 aliphatic rings. The average Bonchev–Trinajstić information content (AvgIpc) is 2.86. The van der Waals surface area contributed by atoms with Gasteiger partial charge < -0.3 is 18.3 Å². The standard InChI is InChI=1S/C14H27NO5P2/c1-5-19-22(4,16)11-12(2)14-13(7-10-17-14)20-21(3)18-9-6-8-15/h12-14H,5-7,9-11H2,1-4H3/t12-,13?,14+,21?,22?/m0/s1. The summed E-state index contributed by atoms with van der Waals surface area (Å²) in [5.41, 5.74) is 0. The minimum absolute atomic E-state index is 0.0465. The van der Waals surface area contributed by atoms with Crippen molar-refractivity contribution in [2.75, 3.05) is 39.3 Å². The fourth-order valence-corrected chi connectivity index (χ4v) is 5.55. The zero-order valence-electron chi connectivity index (χ0n) is 13.9. The molecule has 128 valence electrons. The number of nitriles is 1. The summed E-state index contributed by atoms with van der Waals surface area (Å²) in [7, 11) is -3.61. The fourth-order valence-electron chi connectivity index (χ4n) is 2.63. The van der Waals surface area contributed by atoms with Crippen molar-refractivity contribution in [2.45, 2.75) is 38.9 Å². The molecule has 0 bridgehead atoms. The molecule has 1 rings (SSSR count). The average molecular weight is 351 g/mol. The number of rotatable bonds is 10. The van der Waals surface area contributed by atoms with Crippen LogP contribution < -0.4 is 0 Å². The van der Waals surface area contributed by atoms with Gasteiger partial charge in [0.25, 0.3) is 0 Å². The molecule has 0 amide bonds. The van der Waals surface area contributed by atoms with E-state index in [4.69, 9.17) is 23.6 Å². The van der Waals surface area contributed by atoms with E-state index in [9.17, 15) is 4.57 Å². The first kappa shape index (κ1) is 20.0. The summed E-state index contributed by atoms with van der Waals surface area (Å²) < 4.78 is 34.9. The van der Waals surface area contributed by atoms with Crippen molar-refractivity contribution in [1.29, 1.82) is 5.26 Å². The van der Waals surface area contributed by atoms with Gasteiger partial charge >= 0.3 is 0 Å². The summed E-state index contributed by atoms with van der Waals surface area (Å²) in [6.07, 6.45) is 1.53. The van der Waals surface area contributed by atoms with E-state index in [-0.39, 0.29) is 18.1 Å². The Labute approximate surface area is 134 Å². The lowest BCUT2D eigenvalue weighted by Gasteiger charge is -2.28. The molecule has 0 aromatic heterocycles. The van der Waals surface area contributed by atoms with Gasteiger partial charge in [-0.25, -0.2) is 0 Å². The summed E-state index contributed by atoms with van der Waals surface area (Å²) in [5, 5.41) is 8.51. The highest BCUT2D eigenvalue weighted by molar-refractivity contribution is 7.58. The van der Waals surface area contributed by atoms with Crippen LogP contribution in [0.1, 0.15) is 26.7 Å². The Hall–Kier alpha value is -0.01000. The monoisotopic (exact) mass is 351 g/mol. The van der Waals surface area contributed by atoms with E-state index in [1.54, 1.807) is 6.66 Å². The summed E-state index contributed by atoms with van der Waals surface area (Å²) in [4.78, 5) is 0. The lowest BCUT2D eigenvalue weighted by molar-refractivity contribution is 0.0215. The molecule has 1 fully saturated rings. The largest absolute Gasteiger partial charge is 0.375 e. The topological polar surface area (TPSA) is 77.8 Å². The highest BCUT2D eigenvalue weighted by Gasteiger charge is 2.37.